The molecule has 0 saturated carbocycles. The molecule has 19 heavy (non-hydrogen) atoms. The number of hydrogen-bond donors (Lipinski definition) is 0. The number of ether oxygens (including phenoxy) is 1. The Balaban J connectivity index is 2.20. The van der Waals surface area contributed by atoms with Gasteiger partial charge in [0.1, 0.15) is 4.88 Å². The van der Waals surface area contributed by atoms with E-state index in [4.69, 9.17) is 0 Å². The van der Waals surface area contributed by atoms with E-state index in [0.717, 1.165) is 11.3 Å². The molecule has 0 aliphatic heterocycles. The van der Waals surface area contributed by atoms with Crippen LogP contribution in [0.15, 0.2) is 30.7 Å². The Bertz CT molecular complexity index is 597. The monoisotopic (exact) mass is 277 g/mol. The molecule has 0 bridgehead atoms. The molecule has 6 nitrogen and oxygen atoms in total. The van der Waals surface area contributed by atoms with Gasteiger partial charge in [-0.05, 0) is 12.1 Å². The molecule has 0 aliphatic rings. The summed E-state index contributed by atoms with van der Waals surface area (Å²) in [6, 6.07) is 3.15. The zero-order valence-electron chi connectivity index (χ0n) is 10.4. The lowest BCUT2D eigenvalue weighted by atomic mass is 10.4. The average molecular weight is 277 g/mol. The number of aromatic nitrogens is 2. The minimum atomic E-state index is -0.453. The lowest BCUT2D eigenvalue weighted by Crippen LogP contribution is -2.26. The summed E-state index contributed by atoms with van der Waals surface area (Å²) in [5.41, 5.74) is 0. The number of esters is 1. The van der Waals surface area contributed by atoms with E-state index in [0.29, 0.717) is 15.6 Å². The van der Waals surface area contributed by atoms with Crippen molar-refractivity contribution in [2.45, 2.75) is 0 Å². The van der Waals surface area contributed by atoms with Crippen molar-refractivity contribution in [1.29, 1.82) is 0 Å². The van der Waals surface area contributed by atoms with Gasteiger partial charge >= 0.3 is 5.97 Å². The molecule has 7 heteroatoms. The molecule has 0 atom stereocenters. The molecule has 0 fully saturated rings. The zero-order valence-corrected chi connectivity index (χ0v) is 11.2. The first-order valence-corrected chi connectivity index (χ1v) is 6.17. The molecule has 0 aliphatic carbocycles. The van der Waals surface area contributed by atoms with Crippen molar-refractivity contribution < 1.29 is 14.3 Å². The summed E-state index contributed by atoms with van der Waals surface area (Å²) >= 11 is 1.08. The normalized spacial score (nSPS) is 10.0. The quantitative estimate of drug-likeness (QED) is 0.797. The Morgan fingerprint density at radius 3 is 2.63 bits per heavy atom. The van der Waals surface area contributed by atoms with Crippen LogP contribution in [-0.2, 0) is 4.74 Å². The van der Waals surface area contributed by atoms with Crippen LogP contribution in [0.25, 0.3) is 0 Å². The molecule has 0 radical (unpaired) electrons. The first kappa shape index (κ1) is 13.2. The van der Waals surface area contributed by atoms with Crippen LogP contribution in [0.2, 0.25) is 0 Å². The summed E-state index contributed by atoms with van der Waals surface area (Å²) in [4.78, 5) is 33.7. The SMILES string of the molecule is COC(=O)c1ccc(C(=O)N(C)c2cnccn2)s1. The third-order valence-electron chi connectivity index (χ3n) is 2.40. The second-order valence-electron chi connectivity index (χ2n) is 3.58. The lowest BCUT2D eigenvalue weighted by molar-refractivity contribution is 0.0606. The Kier molecular flexibility index (Phi) is 3.86. The molecule has 98 valence electrons. The Labute approximate surface area is 113 Å². The van der Waals surface area contributed by atoms with Gasteiger partial charge in [-0.2, -0.15) is 0 Å². The van der Waals surface area contributed by atoms with Gasteiger partial charge in [0.15, 0.2) is 5.82 Å². The van der Waals surface area contributed by atoms with Crippen LogP contribution in [-0.4, -0.2) is 36.0 Å². The van der Waals surface area contributed by atoms with Crippen LogP contribution in [0.4, 0.5) is 5.82 Å². The fraction of sp³-hybridized carbons (Fsp3) is 0.167. The van der Waals surface area contributed by atoms with E-state index in [9.17, 15) is 9.59 Å². The lowest BCUT2D eigenvalue weighted by Gasteiger charge is -2.13. The molecule has 2 aromatic rings. The maximum Gasteiger partial charge on any atom is 0.348 e. The first-order chi connectivity index (χ1) is 9.13. The van der Waals surface area contributed by atoms with E-state index < -0.39 is 5.97 Å². The van der Waals surface area contributed by atoms with Crippen LogP contribution in [0, 0.1) is 0 Å². The number of amides is 1. The van der Waals surface area contributed by atoms with Crippen molar-refractivity contribution in [3.8, 4) is 0 Å². The summed E-state index contributed by atoms with van der Waals surface area (Å²) in [6.45, 7) is 0. The van der Waals surface area contributed by atoms with E-state index in [2.05, 4.69) is 14.7 Å². The molecule has 2 aromatic heterocycles. The third-order valence-corrected chi connectivity index (χ3v) is 3.45. The predicted octanol–water partition coefficient (Wildman–Crippen LogP) is 1.60. The predicted molar refractivity (Wildman–Crippen MR) is 70.4 cm³/mol. The highest BCUT2D eigenvalue weighted by molar-refractivity contribution is 7.16. The van der Waals surface area contributed by atoms with E-state index in [1.165, 1.54) is 30.6 Å². The molecular formula is C12H11N3O3S. The van der Waals surface area contributed by atoms with E-state index in [-0.39, 0.29) is 5.91 Å². The van der Waals surface area contributed by atoms with Crippen molar-refractivity contribution in [3.05, 3.63) is 40.5 Å². The number of carbonyl (C=O) groups is 2. The first-order valence-electron chi connectivity index (χ1n) is 5.35. The van der Waals surface area contributed by atoms with Crippen molar-refractivity contribution in [2.24, 2.45) is 0 Å². The number of methoxy groups -OCH3 is 1. The van der Waals surface area contributed by atoms with Gasteiger partial charge in [-0.25, -0.2) is 9.78 Å². The smallest absolute Gasteiger partial charge is 0.348 e. The summed E-state index contributed by atoms with van der Waals surface area (Å²) in [5, 5.41) is 0. The van der Waals surface area contributed by atoms with Crippen LogP contribution in [0.1, 0.15) is 19.3 Å². The maximum atomic E-state index is 12.2. The molecule has 2 rings (SSSR count). The molecule has 0 aromatic carbocycles. The Hall–Kier alpha value is -2.28. The molecule has 2 heterocycles. The van der Waals surface area contributed by atoms with Crippen LogP contribution >= 0.6 is 11.3 Å². The van der Waals surface area contributed by atoms with Crippen LogP contribution < -0.4 is 4.90 Å². The second kappa shape index (κ2) is 5.57. The molecule has 0 saturated heterocycles. The van der Waals surface area contributed by atoms with E-state index in [1.807, 2.05) is 0 Å². The highest BCUT2D eigenvalue weighted by atomic mass is 32.1. The minimum Gasteiger partial charge on any atom is -0.465 e. The largest absolute Gasteiger partial charge is 0.465 e. The molecule has 1 amide bonds. The standard InChI is InChI=1S/C12H11N3O3S/c1-15(10-7-13-5-6-14-10)11(16)8-3-4-9(19-8)12(17)18-2/h3-7H,1-2H3. The number of anilines is 1. The summed E-state index contributed by atoms with van der Waals surface area (Å²) in [7, 11) is 2.90. The third kappa shape index (κ3) is 2.76. The molecule has 0 spiro atoms. The van der Waals surface area contributed by atoms with Crippen LogP contribution in [0.5, 0.6) is 0 Å². The molecule has 0 unspecified atom stereocenters. The molecular weight excluding hydrogens is 266 g/mol. The topological polar surface area (TPSA) is 72.4 Å². The Morgan fingerprint density at radius 2 is 2.00 bits per heavy atom. The zero-order chi connectivity index (χ0) is 13.8. The van der Waals surface area contributed by atoms with Crippen molar-refractivity contribution in [3.63, 3.8) is 0 Å². The average Bonchev–Trinajstić information content (AvgIpc) is 2.95. The van der Waals surface area contributed by atoms with E-state index in [1.54, 1.807) is 19.2 Å². The van der Waals surface area contributed by atoms with Gasteiger partial charge in [-0.15, -0.1) is 11.3 Å². The fourth-order valence-electron chi connectivity index (χ4n) is 1.40. The van der Waals surface area contributed by atoms with Crippen molar-refractivity contribution in [2.75, 3.05) is 19.1 Å². The second-order valence-corrected chi connectivity index (χ2v) is 4.67. The maximum absolute atomic E-state index is 12.2. The number of nitrogens with zero attached hydrogens (tertiary/aromatic N) is 3. The number of carbonyl (C=O) groups excluding carboxylic acids is 2. The minimum absolute atomic E-state index is 0.249. The van der Waals surface area contributed by atoms with E-state index >= 15 is 0 Å². The highest BCUT2D eigenvalue weighted by Gasteiger charge is 2.18. The van der Waals surface area contributed by atoms with Gasteiger partial charge in [0.25, 0.3) is 5.91 Å². The van der Waals surface area contributed by atoms with Crippen molar-refractivity contribution >= 4 is 29.0 Å². The fourth-order valence-corrected chi connectivity index (χ4v) is 2.30. The van der Waals surface area contributed by atoms with Crippen molar-refractivity contribution in [1.82, 2.24) is 9.97 Å². The van der Waals surface area contributed by atoms with Gasteiger partial charge in [0.2, 0.25) is 0 Å². The number of rotatable bonds is 3. The number of hydrogen-bond acceptors (Lipinski definition) is 6. The molecule has 0 N–H and O–H groups in total. The van der Waals surface area contributed by atoms with Gasteiger partial charge in [0.05, 0.1) is 18.2 Å². The van der Waals surface area contributed by atoms with Crippen LogP contribution in [0.3, 0.4) is 0 Å². The van der Waals surface area contributed by atoms with Gasteiger partial charge < -0.3 is 4.74 Å². The van der Waals surface area contributed by atoms with Gasteiger partial charge in [-0.3, -0.25) is 14.7 Å². The Morgan fingerprint density at radius 1 is 1.26 bits per heavy atom. The number of thiophene rings is 1. The van der Waals surface area contributed by atoms with Gasteiger partial charge in [-0.1, -0.05) is 0 Å². The highest BCUT2D eigenvalue weighted by Crippen LogP contribution is 2.20. The summed E-state index contributed by atoms with van der Waals surface area (Å²) in [5.74, 6) is -0.257. The summed E-state index contributed by atoms with van der Waals surface area (Å²) in [6.07, 6.45) is 4.53. The summed E-state index contributed by atoms with van der Waals surface area (Å²) < 4.78 is 4.60. The van der Waals surface area contributed by atoms with Gasteiger partial charge in [0, 0.05) is 19.4 Å².